The highest BCUT2D eigenvalue weighted by molar-refractivity contribution is 5.81. The molecule has 1 aromatic rings. The van der Waals surface area contributed by atoms with Crippen LogP contribution in [0.15, 0.2) is 4.52 Å². The summed E-state index contributed by atoms with van der Waals surface area (Å²) in [4.78, 5) is 20.5. The smallest absolute Gasteiger partial charge is 0.253 e. The van der Waals surface area contributed by atoms with Crippen LogP contribution >= 0.6 is 0 Å². The SMILES string of the molecule is Cc1noc(CN2CCOC(C(=O)N3CCOCC3)C2)n1. The molecule has 1 atom stereocenters. The third kappa shape index (κ3) is 3.58. The van der Waals surface area contributed by atoms with Gasteiger partial charge in [-0.3, -0.25) is 9.69 Å². The van der Waals surface area contributed by atoms with E-state index in [1.54, 1.807) is 6.92 Å². The first-order valence-electron chi connectivity index (χ1n) is 7.22. The molecule has 21 heavy (non-hydrogen) atoms. The molecule has 3 heterocycles. The van der Waals surface area contributed by atoms with Gasteiger partial charge < -0.3 is 18.9 Å². The Balaban J connectivity index is 1.56. The van der Waals surface area contributed by atoms with Crippen molar-refractivity contribution in [2.24, 2.45) is 0 Å². The van der Waals surface area contributed by atoms with Crippen molar-refractivity contribution in [1.82, 2.24) is 19.9 Å². The van der Waals surface area contributed by atoms with Gasteiger partial charge >= 0.3 is 0 Å². The molecule has 3 rings (SSSR count). The minimum Gasteiger partial charge on any atom is -0.378 e. The lowest BCUT2D eigenvalue weighted by Gasteiger charge is -2.35. The van der Waals surface area contributed by atoms with Crippen LogP contribution in [-0.4, -0.2) is 78.0 Å². The molecule has 8 nitrogen and oxygen atoms in total. The summed E-state index contributed by atoms with van der Waals surface area (Å²) in [6, 6.07) is 0. The highest BCUT2D eigenvalue weighted by atomic mass is 16.5. The topological polar surface area (TPSA) is 80.9 Å². The average molecular weight is 296 g/mol. The number of rotatable bonds is 3. The second-order valence-corrected chi connectivity index (χ2v) is 5.27. The Labute approximate surface area is 123 Å². The fourth-order valence-corrected chi connectivity index (χ4v) is 2.58. The molecule has 0 aromatic carbocycles. The highest BCUT2D eigenvalue weighted by Gasteiger charge is 2.31. The van der Waals surface area contributed by atoms with Crippen molar-refractivity contribution < 1.29 is 18.8 Å². The Kier molecular flexibility index (Phi) is 4.47. The number of ether oxygens (including phenoxy) is 2. The van der Waals surface area contributed by atoms with Crippen LogP contribution in [0.1, 0.15) is 11.7 Å². The molecule has 0 radical (unpaired) electrons. The second kappa shape index (κ2) is 6.50. The molecule has 116 valence electrons. The largest absolute Gasteiger partial charge is 0.378 e. The van der Waals surface area contributed by atoms with Gasteiger partial charge in [0.15, 0.2) is 5.82 Å². The zero-order chi connectivity index (χ0) is 14.7. The van der Waals surface area contributed by atoms with E-state index in [9.17, 15) is 4.79 Å². The van der Waals surface area contributed by atoms with Crippen molar-refractivity contribution in [3.63, 3.8) is 0 Å². The van der Waals surface area contributed by atoms with Crippen LogP contribution in [-0.2, 0) is 20.8 Å². The summed E-state index contributed by atoms with van der Waals surface area (Å²) in [6.07, 6.45) is -0.416. The van der Waals surface area contributed by atoms with Crippen molar-refractivity contribution >= 4 is 5.91 Å². The van der Waals surface area contributed by atoms with E-state index in [2.05, 4.69) is 15.0 Å². The lowest BCUT2D eigenvalue weighted by Crippen LogP contribution is -2.53. The summed E-state index contributed by atoms with van der Waals surface area (Å²) in [5.74, 6) is 1.25. The zero-order valence-electron chi connectivity index (χ0n) is 12.2. The van der Waals surface area contributed by atoms with Gasteiger partial charge in [0.25, 0.3) is 5.91 Å². The first-order chi connectivity index (χ1) is 10.2. The van der Waals surface area contributed by atoms with Crippen molar-refractivity contribution in [3.05, 3.63) is 11.7 Å². The van der Waals surface area contributed by atoms with E-state index in [1.165, 1.54) is 0 Å². The van der Waals surface area contributed by atoms with Crippen LogP contribution in [0.5, 0.6) is 0 Å². The minimum absolute atomic E-state index is 0.0460. The lowest BCUT2D eigenvalue weighted by atomic mass is 10.2. The Morgan fingerprint density at radius 2 is 2.10 bits per heavy atom. The van der Waals surface area contributed by atoms with Gasteiger partial charge in [0, 0.05) is 26.2 Å². The van der Waals surface area contributed by atoms with Gasteiger partial charge in [-0.1, -0.05) is 5.16 Å². The predicted molar refractivity (Wildman–Crippen MR) is 71.5 cm³/mol. The quantitative estimate of drug-likeness (QED) is 0.739. The molecule has 0 N–H and O–H groups in total. The number of aromatic nitrogens is 2. The van der Waals surface area contributed by atoms with Gasteiger partial charge in [0.1, 0.15) is 6.10 Å². The van der Waals surface area contributed by atoms with E-state index in [-0.39, 0.29) is 5.91 Å². The fourth-order valence-electron chi connectivity index (χ4n) is 2.58. The number of nitrogens with zero attached hydrogens (tertiary/aromatic N) is 4. The van der Waals surface area contributed by atoms with E-state index in [1.807, 2.05) is 4.90 Å². The van der Waals surface area contributed by atoms with Gasteiger partial charge in [-0.25, -0.2) is 0 Å². The summed E-state index contributed by atoms with van der Waals surface area (Å²) in [5.41, 5.74) is 0. The van der Waals surface area contributed by atoms with E-state index in [0.717, 1.165) is 6.54 Å². The first kappa shape index (κ1) is 14.4. The normalized spacial score (nSPS) is 24.2. The lowest BCUT2D eigenvalue weighted by molar-refractivity contribution is -0.153. The summed E-state index contributed by atoms with van der Waals surface area (Å²) in [7, 11) is 0. The predicted octanol–water partition coefficient (Wildman–Crippen LogP) is -0.562. The van der Waals surface area contributed by atoms with Crippen molar-refractivity contribution in [1.29, 1.82) is 0 Å². The number of carbonyl (C=O) groups is 1. The van der Waals surface area contributed by atoms with Crippen molar-refractivity contribution in [2.75, 3.05) is 46.0 Å². The standard InChI is InChI=1S/C13H20N4O4/c1-10-14-12(21-15-10)9-16-2-7-20-11(8-16)13(18)17-3-5-19-6-4-17/h11H,2-9H2,1H3. The van der Waals surface area contributed by atoms with Crippen LogP contribution in [0, 0.1) is 6.92 Å². The maximum Gasteiger partial charge on any atom is 0.253 e. The van der Waals surface area contributed by atoms with E-state index < -0.39 is 6.10 Å². The Hall–Kier alpha value is -1.51. The molecule has 8 heteroatoms. The molecule has 0 saturated carbocycles. The fraction of sp³-hybridized carbons (Fsp3) is 0.769. The molecule has 1 aromatic heterocycles. The zero-order valence-corrected chi connectivity index (χ0v) is 12.2. The van der Waals surface area contributed by atoms with E-state index >= 15 is 0 Å². The molecule has 2 saturated heterocycles. The number of amides is 1. The molecule has 2 fully saturated rings. The van der Waals surface area contributed by atoms with Crippen LogP contribution in [0.4, 0.5) is 0 Å². The number of aryl methyl sites for hydroxylation is 1. The Morgan fingerprint density at radius 3 is 2.81 bits per heavy atom. The van der Waals surface area contributed by atoms with Gasteiger partial charge in [0.05, 0.1) is 26.4 Å². The summed E-state index contributed by atoms with van der Waals surface area (Å²) in [5, 5.41) is 3.78. The molecule has 2 aliphatic heterocycles. The van der Waals surface area contributed by atoms with E-state index in [4.69, 9.17) is 14.0 Å². The van der Waals surface area contributed by atoms with Crippen LogP contribution < -0.4 is 0 Å². The number of hydrogen-bond acceptors (Lipinski definition) is 7. The molecular weight excluding hydrogens is 276 g/mol. The molecule has 0 spiro atoms. The molecule has 0 aliphatic carbocycles. The van der Waals surface area contributed by atoms with Crippen molar-refractivity contribution in [3.8, 4) is 0 Å². The second-order valence-electron chi connectivity index (χ2n) is 5.27. The van der Waals surface area contributed by atoms with Crippen LogP contribution in [0.2, 0.25) is 0 Å². The van der Waals surface area contributed by atoms with Gasteiger partial charge in [0.2, 0.25) is 5.89 Å². The number of carbonyl (C=O) groups excluding carboxylic acids is 1. The molecule has 2 aliphatic rings. The minimum atomic E-state index is -0.416. The molecule has 1 unspecified atom stereocenters. The Morgan fingerprint density at radius 1 is 1.29 bits per heavy atom. The van der Waals surface area contributed by atoms with Crippen molar-refractivity contribution in [2.45, 2.75) is 19.6 Å². The third-order valence-corrected chi connectivity index (χ3v) is 3.68. The maximum atomic E-state index is 12.4. The molecule has 0 bridgehead atoms. The number of morpholine rings is 2. The van der Waals surface area contributed by atoms with Gasteiger partial charge in [-0.2, -0.15) is 4.98 Å². The number of hydrogen-bond donors (Lipinski definition) is 0. The van der Waals surface area contributed by atoms with Crippen LogP contribution in [0.25, 0.3) is 0 Å². The van der Waals surface area contributed by atoms with Gasteiger partial charge in [-0.05, 0) is 6.92 Å². The van der Waals surface area contributed by atoms with E-state index in [0.29, 0.717) is 57.7 Å². The summed E-state index contributed by atoms with van der Waals surface area (Å²) >= 11 is 0. The summed E-state index contributed by atoms with van der Waals surface area (Å²) < 4.78 is 16.0. The Bertz CT molecular complexity index is 486. The highest BCUT2D eigenvalue weighted by Crippen LogP contribution is 2.12. The molecule has 1 amide bonds. The first-order valence-corrected chi connectivity index (χ1v) is 7.22. The van der Waals surface area contributed by atoms with Crippen LogP contribution in [0.3, 0.4) is 0 Å². The monoisotopic (exact) mass is 296 g/mol. The van der Waals surface area contributed by atoms with Gasteiger partial charge in [-0.15, -0.1) is 0 Å². The maximum absolute atomic E-state index is 12.4. The average Bonchev–Trinajstić information content (AvgIpc) is 2.93. The third-order valence-electron chi connectivity index (χ3n) is 3.68. The molecular formula is C13H20N4O4. The summed E-state index contributed by atoms with van der Waals surface area (Å²) in [6.45, 7) is 6.67.